The summed E-state index contributed by atoms with van der Waals surface area (Å²) in [6.07, 6.45) is 10.6. The van der Waals surface area contributed by atoms with E-state index in [2.05, 4.69) is 20.8 Å². The Balaban J connectivity index is 1.38. The van der Waals surface area contributed by atoms with Gasteiger partial charge in [0, 0.05) is 37.7 Å². The Labute approximate surface area is 159 Å². The lowest BCUT2D eigenvalue weighted by Crippen LogP contribution is -2.49. The predicted molar refractivity (Wildman–Crippen MR) is 99.7 cm³/mol. The standard InChI is InChI=1S/C19H29N5O3/c25-17(8-7-14-11-20-21-12-14)22-15-4-3-5-16(10-15)23-18(26)13-24-9-2-1-6-19(24)27/h11-12,15-16H,1-10,13H2,(H,20,21)(H,22,25)(H,23,26)/t15-,16-/m1/s1. The summed E-state index contributed by atoms with van der Waals surface area (Å²) < 4.78 is 0. The molecule has 3 rings (SSSR count). The van der Waals surface area contributed by atoms with E-state index in [0.29, 0.717) is 25.8 Å². The van der Waals surface area contributed by atoms with Crippen molar-refractivity contribution in [3.8, 4) is 0 Å². The first-order valence-corrected chi connectivity index (χ1v) is 9.94. The molecule has 0 unspecified atom stereocenters. The number of hydrogen-bond acceptors (Lipinski definition) is 4. The fraction of sp³-hybridized carbons (Fsp3) is 0.684. The number of H-pyrrole nitrogens is 1. The lowest BCUT2D eigenvalue weighted by atomic mass is 9.90. The lowest BCUT2D eigenvalue weighted by molar-refractivity contribution is -0.138. The maximum Gasteiger partial charge on any atom is 0.239 e. The van der Waals surface area contributed by atoms with Gasteiger partial charge in [0.15, 0.2) is 0 Å². The van der Waals surface area contributed by atoms with E-state index < -0.39 is 0 Å². The summed E-state index contributed by atoms with van der Waals surface area (Å²) in [5, 5.41) is 12.8. The topological polar surface area (TPSA) is 107 Å². The molecule has 1 saturated carbocycles. The number of hydrogen-bond donors (Lipinski definition) is 3. The molecule has 148 valence electrons. The van der Waals surface area contributed by atoms with Gasteiger partial charge in [0.1, 0.15) is 0 Å². The molecule has 8 nitrogen and oxygen atoms in total. The molecule has 27 heavy (non-hydrogen) atoms. The van der Waals surface area contributed by atoms with Gasteiger partial charge in [0.05, 0.1) is 12.7 Å². The summed E-state index contributed by atoms with van der Waals surface area (Å²) in [6.45, 7) is 0.823. The number of aryl methyl sites for hydroxylation is 1. The van der Waals surface area contributed by atoms with E-state index >= 15 is 0 Å². The van der Waals surface area contributed by atoms with Crippen molar-refractivity contribution in [2.45, 2.75) is 69.9 Å². The van der Waals surface area contributed by atoms with Gasteiger partial charge in [0.2, 0.25) is 17.7 Å². The average Bonchev–Trinajstić information content (AvgIpc) is 3.16. The SMILES string of the molecule is O=C(CCc1cn[nH]c1)N[C@@H]1CCC[C@@H](NC(=O)CN2CCCCC2=O)C1. The Kier molecular flexibility index (Phi) is 6.84. The van der Waals surface area contributed by atoms with Crippen molar-refractivity contribution in [3.05, 3.63) is 18.0 Å². The quantitative estimate of drug-likeness (QED) is 0.658. The van der Waals surface area contributed by atoms with Crippen LogP contribution < -0.4 is 10.6 Å². The summed E-state index contributed by atoms with van der Waals surface area (Å²) in [6, 6.07) is 0.155. The highest BCUT2D eigenvalue weighted by Crippen LogP contribution is 2.19. The number of amides is 3. The monoisotopic (exact) mass is 375 g/mol. The number of aromatic nitrogens is 2. The zero-order chi connectivity index (χ0) is 19.1. The van der Waals surface area contributed by atoms with Gasteiger partial charge < -0.3 is 15.5 Å². The smallest absolute Gasteiger partial charge is 0.239 e. The van der Waals surface area contributed by atoms with Crippen molar-refractivity contribution >= 4 is 17.7 Å². The molecule has 2 aliphatic rings. The number of rotatable bonds is 7. The van der Waals surface area contributed by atoms with Crippen molar-refractivity contribution in [2.24, 2.45) is 0 Å². The van der Waals surface area contributed by atoms with Crippen LogP contribution in [0.3, 0.4) is 0 Å². The molecule has 3 N–H and O–H groups in total. The summed E-state index contributed by atoms with van der Waals surface area (Å²) in [4.78, 5) is 37.9. The Bertz CT molecular complexity index is 646. The summed E-state index contributed by atoms with van der Waals surface area (Å²) in [5.41, 5.74) is 1.02. The molecule has 1 aliphatic heterocycles. The third-order valence-corrected chi connectivity index (χ3v) is 5.36. The van der Waals surface area contributed by atoms with Crippen LogP contribution in [0.25, 0.3) is 0 Å². The number of piperidine rings is 1. The van der Waals surface area contributed by atoms with E-state index in [4.69, 9.17) is 0 Å². The zero-order valence-corrected chi connectivity index (χ0v) is 15.7. The first kappa shape index (κ1) is 19.4. The van der Waals surface area contributed by atoms with Crippen LogP contribution in [-0.2, 0) is 20.8 Å². The Morgan fingerprint density at radius 1 is 1.15 bits per heavy atom. The third-order valence-electron chi connectivity index (χ3n) is 5.36. The van der Waals surface area contributed by atoms with E-state index in [1.54, 1.807) is 17.3 Å². The van der Waals surface area contributed by atoms with Gasteiger partial charge in [-0.25, -0.2) is 0 Å². The molecule has 2 heterocycles. The average molecular weight is 375 g/mol. The molecule has 1 aliphatic carbocycles. The van der Waals surface area contributed by atoms with Crippen molar-refractivity contribution < 1.29 is 14.4 Å². The van der Waals surface area contributed by atoms with Crippen LogP contribution >= 0.6 is 0 Å². The first-order chi connectivity index (χ1) is 13.1. The van der Waals surface area contributed by atoms with Crippen LogP contribution in [0.1, 0.15) is 56.9 Å². The number of likely N-dealkylation sites (tertiary alicyclic amines) is 1. The second-order valence-electron chi connectivity index (χ2n) is 7.57. The molecule has 1 saturated heterocycles. The highest BCUT2D eigenvalue weighted by Gasteiger charge is 2.26. The van der Waals surface area contributed by atoms with Gasteiger partial charge in [-0.15, -0.1) is 0 Å². The lowest BCUT2D eigenvalue weighted by Gasteiger charge is -2.32. The molecule has 3 amide bonds. The molecular weight excluding hydrogens is 346 g/mol. The minimum absolute atomic E-state index is 0.0343. The molecule has 2 fully saturated rings. The Hall–Kier alpha value is -2.38. The molecule has 8 heteroatoms. The first-order valence-electron chi connectivity index (χ1n) is 9.94. The van der Waals surface area contributed by atoms with Crippen LogP contribution in [0.4, 0.5) is 0 Å². The number of nitrogens with zero attached hydrogens (tertiary/aromatic N) is 2. The highest BCUT2D eigenvalue weighted by molar-refractivity contribution is 5.85. The normalized spacial score (nSPS) is 23.1. The fourth-order valence-electron chi connectivity index (χ4n) is 3.90. The van der Waals surface area contributed by atoms with Crippen LogP contribution in [0.5, 0.6) is 0 Å². The van der Waals surface area contributed by atoms with Gasteiger partial charge in [-0.2, -0.15) is 5.10 Å². The Morgan fingerprint density at radius 3 is 2.63 bits per heavy atom. The van der Waals surface area contributed by atoms with Gasteiger partial charge in [-0.05, 0) is 50.5 Å². The highest BCUT2D eigenvalue weighted by atomic mass is 16.2. The van der Waals surface area contributed by atoms with E-state index in [0.717, 1.165) is 44.1 Å². The van der Waals surface area contributed by atoms with Crippen molar-refractivity contribution in [1.82, 2.24) is 25.7 Å². The van der Waals surface area contributed by atoms with E-state index in [9.17, 15) is 14.4 Å². The minimum atomic E-state index is -0.0952. The van der Waals surface area contributed by atoms with Crippen LogP contribution in [0.2, 0.25) is 0 Å². The number of carbonyl (C=O) groups excluding carboxylic acids is 3. The number of nitrogens with one attached hydrogen (secondary N) is 3. The fourth-order valence-corrected chi connectivity index (χ4v) is 3.90. The molecule has 1 aromatic heterocycles. The van der Waals surface area contributed by atoms with Gasteiger partial charge in [-0.1, -0.05) is 0 Å². The molecule has 2 atom stereocenters. The maximum absolute atomic E-state index is 12.3. The molecule has 0 radical (unpaired) electrons. The van der Waals surface area contributed by atoms with E-state index in [-0.39, 0.29) is 36.3 Å². The predicted octanol–water partition coefficient (Wildman–Crippen LogP) is 0.898. The molecule has 1 aromatic rings. The zero-order valence-electron chi connectivity index (χ0n) is 15.7. The van der Waals surface area contributed by atoms with Crippen LogP contribution in [0, 0.1) is 0 Å². The van der Waals surface area contributed by atoms with Crippen molar-refractivity contribution in [1.29, 1.82) is 0 Å². The van der Waals surface area contributed by atoms with Crippen LogP contribution in [-0.4, -0.2) is 58.0 Å². The summed E-state index contributed by atoms with van der Waals surface area (Å²) in [5.74, 6) is 0.0112. The summed E-state index contributed by atoms with van der Waals surface area (Å²) >= 11 is 0. The van der Waals surface area contributed by atoms with Crippen molar-refractivity contribution in [2.75, 3.05) is 13.1 Å². The van der Waals surface area contributed by atoms with Crippen LogP contribution in [0.15, 0.2) is 12.4 Å². The molecule has 0 spiro atoms. The second-order valence-corrected chi connectivity index (χ2v) is 7.57. The second kappa shape index (κ2) is 9.53. The van der Waals surface area contributed by atoms with Gasteiger partial charge in [-0.3, -0.25) is 19.5 Å². The minimum Gasteiger partial charge on any atom is -0.353 e. The largest absolute Gasteiger partial charge is 0.353 e. The summed E-state index contributed by atoms with van der Waals surface area (Å²) in [7, 11) is 0. The molecule has 0 aromatic carbocycles. The Morgan fingerprint density at radius 2 is 1.93 bits per heavy atom. The molecule has 0 bridgehead atoms. The number of aromatic amines is 1. The van der Waals surface area contributed by atoms with E-state index in [1.165, 1.54) is 0 Å². The molecular formula is C19H29N5O3. The third kappa shape index (κ3) is 6.08. The number of carbonyl (C=O) groups is 3. The van der Waals surface area contributed by atoms with Gasteiger partial charge in [0.25, 0.3) is 0 Å². The van der Waals surface area contributed by atoms with E-state index in [1.807, 2.05) is 0 Å². The maximum atomic E-state index is 12.3. The van der Waals surface area contributed by atoms with Gasteiger partial charge >= 0.3 is 0 Å². The van der Waals surface area contributed by atoms with Crippen molar-refractivity contribution in [3.63, 3.8) is 0 Å².